The van der Waals surface area contributed by atoms with Crippen LogP contribution in [0.15, 0.2) is 60.7 Å². The van der Waals surface area contributed by atoms with E-state index in [1.165, 1.54) is 7.11 Å². The van der Waals surface area contributed by atoms with E-state index in [1.807, 2.05) is 56.3 Å². The lowest BCUT2D eigenvalue weighted by atomic mass is 9.95. The first-order valence-corrected chi connectivity index (χ1v) is 12.2. The Kier molecular flexibility index (Phi) is 7.77. The number of anilines is 3. The summed E-state index contributed by atoms with van der Waals surface area (Å²) in [6, 6.07) is 18.2. The van der Waals surface area contributed by atoms with Crippen LogP contribution in [0.2, 0.25) is 0 Å². The Balaban J connectivity index is 1.42. The summed E-state index contributed by atoms with van der Waals surface area (Å²) >= 11 is 0. The van der Waals surface area contributed by atoms with Gasteiger partial charge in [-0.2, -0.15) is 0 Å². The van der Waals surface area contributed by atoms with E-state index < -0.39 is 5.97 Å². The first kappa shape index (κ1) is 25.8. The van der Waals surface area contributed by atoms with Gasteiger partial charge < -0.3 is 25.4 Å². The molecule has 3 aromatic carbocycles. The number of ether oxygens (including phenoxy) is 1. The first-order chi connectivity index (χ1) is 17.7. The number of benzene rings is 3. The first-order valence-electron chi connectivity index (χ1n) is 12.2. The monoisotopic (exact) mass is 501 g/mol. The van der Waals surface area contributed by atoms with Crippen molar-refractivity contribution in [2.75, 3.05) is 29.2 Å². The molecule has 1 aliphatic heterocycles. The minimum Gasteiger partial charge on any atom is -0.495 e. The Morgan fingerprint density at radius 3 is 2.51 bits per heavy atom. The van der Waals surface area contributed by atoms with Crippen molar-refractivity contribution in [2.45, 2.75) is 39.0 Å². The van der Waals surface area contributed by atoms with Crippen LogP contribution in [0.3, 0.4) is 0 Å². The molecule has 192 valence electrons. The number of amides is 3. The second-order valence-electron chi connectivity index (χ2n) is 9.29. The highest BCUT2D eigenvalue weighted by Gasteiger charge is 2.26. The molecule has 3 aromatic rings. The van der Waals surface area contributed by atoms with Gasteiger partial charge in [-0.15, -0.1) is 0 Å². The fourth-order valence-electron chi connectivity index (χ4n) is 4.57. The standard InChI is InChI=1S/C29H31N3O5/c1-18-6-4-5-7-23(18)30-29(36)31-24-10-8-20(15-26(24)37-3)16-27(33)32-13-12-22-17-21(9-11-25(22)32)19(2)14-28(34)35/h4-11,15,17,19H,12-14,16H2,1-3H3,(H,34,35)(H2,30,31,36). The number of carbonyl (C=O) groups is 3. The predicted octanol–water partition coefficient (Wildman–Crippen LogP) is 5.36. The molecule has 1 aliphatic rings. The number of carbonyl (C=O) groups excluding carboxylic acids is 2. The molecule has 3 N–H and O–H groups in total. The summed E-state index contributed by atoms with van der Waals surface area (Å²) in [5.41, 5.74) is 5.83. The zero-order valence-corrected chi connectivity index (χ0v) is 21.2. The number of hydrogen-bond donors (Lipinski definition) is 3. The number of para-hydroxylation sites is 1. The molecule has 1 heterocycles. The van der Waals surface area contributed by atoms with Crippen LogP contribution >= 0.6 is 0 Å². The summed E-state index contributed by atoms with van der Waals surface area (Å²) in [6.45, 7) is 4.40. The van der Waals surface area contributed by atoms with Gasteiger partial charge in [0, 0.05) is 17.9 Å². The molecule has 0 bridgehead atoms. The number of rotatable bonds is 8. The highest BCUT2D eigenvalue weighted by atomic mass is 16.5. The Hall–Kier alpha value is -4.33. The molecule has 0 spiro atoms. The topological polar surface area (TPSA) is 108 Å². The normalized spacial score (nSPS) is 13.0. The third-order valence-corrected chi connectivity index (χ3v) is 6.61. The Morgan fingerprint density at radius 2 is 1.78 bits per heavy atom. The molecule has 4 rings (SSSR count). The van der Waals surface area contributed by atoms with Crippen LogP contribution < -0.4 is 20.3 Å². The van der Waals surface area contributed by atoms with Gasteiger partial charge in [0.2, 0.25) is 5.91 Å². The van der Waals surface area contributed by atoms with Crippen molar-refractivity contribution < 1.29 is 24.2 Å². The molecule has 1 atom stereocenters. The van der Waals surface area contributed by atoms with E-state index in [4.69, 9.17) is 9.84 Å². The Bertz CT molecular complexity index is 1340. The number of nitrogens with zero attached hydrogens (tertiary/aromatic N) is 1. The molecular weight excluding hydrogens is 470 g/mol. The number of nitrogens with one attached hydrogen (secondary N) is 2. The molecule has 0 saturated carbocycles. The summed E-state index contributed by atoms with van der Waals surface area (Å²) in [4.78, 5) is 38.5. The largest absolute Gasteiger partial charge is 0.495 e. The number of aliphatic carboxylic acids is 1. The van der Waals surface area contributed by atoms with Crippen molar-refractivity contribution >= 4 is 35.0 Å². The fourth-order valence-corrected chi connectivity index (χ4v) is 4.57. The maximum absolute atomic E-state index is 13.2. The molecule has 0 aliphatic carbocycles. The van der Waals surface area contributed by atoms with Crippen molar-refractivity contribution in [3.63, 3.8) is 0 Å². The molecule has 37 heavy (non-hydrogen) atoms. The summed E-state index contributed by atoms with van der Waals surface area (Å²) in [5, 5.41) is 14.7. The van der Waals surface area contributed by atoms with Crippen LogP contribution in [-0.2, 0) is 22.4 Å². The molecule has 3 amide bonds. The molecule has 0 fully saturated rings. The Labute approximate surface area is 216 Å². The number of methoxy groups -OCH3 is 1. The van der Waals surface area contributed by atoms with E-state index in [9.17, 15) is 14.4 Å². The zero-order chi connectivity index (χ0) is 26.5. The van der Waals surface area contributed by atoms with Crippen LogP contribution in [0.1, 0.15) is 41.5 Å². The molecular formula is C29H31N3O5. The van der Waals surface area contributed by atoms with Crippen LogP contribution in [0.25, 0.3) is 0 Å². The molecule has 1 unspecified atom stereocenters. The van der Waals surface area contributed by atoms with E-state index in [1.54, 1.807) is 23.1 Å². The molecule has 8 heteroatoms. The van der Waals surface area contributed by atoms with Crippen molar-refractivity contribution in [3.05, 3.63) is 82.9 Å². The minimum absolute atomic E-state index is 0.0369. The maximum Gasteiger partial charge on any atom is 0.323 e. The highest BCUT2D eigenvalue weighted by molar-refractivity contribution is 6.01. The number of carboxylic acid groups (broad SMARTS) is 1. The van der Waals surface area contributed by atoms with Crippen LogP contribution in [0, 0.1) is 6.92 Å². The lowest BCUT2D eigenvalue weighted by Gasteiger charge is -2.19. The van der Waals surface area contributed by atoms with Gasteiger partial charge in [-0.25, -0.2) is 4.79 Å². The molecule has 8 nitrogen and oxygen atoms in total. The van der Waals surface area contributed by atoms with Gasteiger partial charge in [0.15, 0.2) is 0 Å². The third-order valence-electron chi connectivity index (χ3n) is 6.61. The van der Waals surface area contributed by atoms with E-state index in [-0.39, 0.29) is 30.7 Å². The second kappa shape index (κ2) is 11.2. The van der Waals surface area contributed by atoms with Gasteiger partial charge in [-0.3, -0.25) is 9.59 Å². The van der Waals surface area contributed by atoms with E-state index >= 15 is 0 Å². The van der Waals surface area contributed by atoms with E-state index in [2.05, 4.69) is 10.6 Å². The average molecular weight is 502 g/mol. The van der Waals surface area contributed by atoms with Gasteiger partial charge in [-0.05, 0) is 65.8 Å². The quantitative estimate of drug-likeness (QED) is 0.385. The average Bonchev–Trinajstić information content (AvgIpc) is 3.29. The van der Waals surface area contributed by atoms with Gasteiger partial charge in [0.1, 0.15) is 5.75 Å². The van der Waals surface area contributed by atoms with Gasteiger partial charge >= 0.3 is 12.0 Å². The zero-order valence-electron chi connectivity index (χ0n) is 21.2. The minimum atomic E-state index is -0.826. The SMILES string of the molecule is COc1cc(CC(=O)N2CCc3cc(C(C)CC(=O)O)ccc32)ccc1NC(=O)Nc1ccccc1C. The number of fused-ring (bicyclic) bond motifs is 1. The number of urea groups is 1. The predicted molar refractivity (Wildman–Crippen MR) is 144 cm³/mol. The van der Waals surface area contributed by atoms with Gasteiger partial charge in [0.05, 0.1) is 25.6 Å². The third kappa shape index (κ3) is 6.09. The fraction of sp³-hybridized carbons (Fsp3) is 0.276. The smallest absolute Gasteiger partial charge is 0.323 e. The summed E-state index contributed by atoms with van der Waals surface area (Å²) in [7, 11) is 1.52. The summed E-state index contributed by atoms with van der Waals surface area (Å²) < 4.78 is 5.48. The summed E-state index contributed by atoms with van der Waals surface area (Å²) in [5.74, 6) is -0.492. The maximum atomic E-state index is 13.2. The number of aryl methyl sites for hydroxylation is 1. The molecule has 0 saturated heterocycles. The lowest BCUT2D eigenvalue weighted by Crippen LogP contribution is -2.30. The van der Waals surface area contributed by atoms with Gasteiger partial charge in [-0.1, -0.05) is 43.3 Å². The second-order valence-corrected chi connectivity index (χ2v) is 9.29. The van der Waals surface area contributed by atoms with E-state index in [0.29, 0.717) is 18.0 Å². The van der Waals surface area contributed by atoms with Gasteiger partial charge in [0.25, 0.3) is 0 Å². The Morgan fingerprint density at radius 1 is 1.03 bits per heavy atom. The highest BCUT2D eigenvalue weighted by Crippen LogP contribution is 2.33. The van der Waals surface area contributed by atoms with Crippen LogP contribution in [0.5, 0.6) is 5.75 Å². The van der Waals surface area contributed by atoms with Crippen LogP contribution in [-0.4, -0.2) is 36.7 Å². The molecule has 0 aromatic heterocycles. The van der Waals surface area contributed by atoms with Crippen molar-refractivity contribution in [3.8, 4) is 5.75 Å². The number of hydrogen-bond acceptors (Lipinski definition) is 4. The van der Waals surface area contributed by atoms with Crippen LogP contribution in [0.4, 0.5) is 21.9 Å². The van der Waals surface area contributed by atoms with Crippen molar-refractivity contribution in [1.82, 2.24) is 0 Å². The van der Waals surface area contributed by atoms with Crippen molar-refractivity contribution in [2.24, 2.45) is 0 Å². The number of carboxylic acids is 1. The molecule has 0 radical (unpaired) electrons. The van der Waals surface area contributed by atoms with E-state index in [0.717, 1.165) is 40.0 Å². The lowest BCUT2D eigenvalue weighted by molar-refractivity contribution is -0.137. The van der Waals surface area contributed by atoms with Crippen molar-refractivity contribution in [1.29, 1.82) is 0 Å². The summed E-state index contributed by atoms with van der Waals surface area (Å²) in [6.07, 6.45) is 0.987.